The Morgan fingerprint density at radius 2 is 1.87 bits per heavy atom. The van der Waals surface area contributed by atoms with E-state index in [1.54, 1.807) is 37.4 Å². The highest BCUT2D eigenvalue weighted by molar-refractivity contribution is 7.56. The zero-order valence-corrected chi connectivity index (χ0v) is 19.1. The van der Waals surface area contributed by atoms with Crippen molar-refractivity contribution < 1.29 is 23.4 Å². The molecule has 1 aromatic heterocycles. The summed E-state index contributed by atoms with van der Waals surface area (Å²) in [5, 5.41) is 6.28. The van der Waals surface area contributed by atoms with Gasteiger partial charge in [-0.3, -0.25) is 14.2 Å². The third-order valence-corrected chi connectivity index (χ3v) is 7.39. The van der Waals surface area contributed by atoms with Crippen LogP contribution in [-0.2, 0) is 20.3 Å². The number of fused-ring (bicyclic) bond motifs is 1. The second-order valence-corrected chi connectivity index (χ2v) is 10.1. The van der Waals surface area contributed by atoms with Crippen LogP contribution in [0, 0.1) is 0 Å². The molecule has 3 aromatic rings. The van der Waals surface area contributed by atoms with Crippen LogP contribution in [0.2, 0.25) is 0 Å². The second-order valence-electron chi connectivity index (χ2n) is 6.85. The second kappa shape index (κ2) is 10.6. The van der Waals surface area contributed by atoms with E-state index in [1.807, 2.05) is 31.2 Å². The van der Waals surface area contributed by atoms with Crippen LogP contribution in [0.25, 0.3) is 10.1 Å². The summed E-state index contributed by atoms with van der Waals surface area (Å²) in [5.41, 5.74) is 0.766. The maximum Gasteiger partial charge on any atom is 0.321 e. The predicted octanol–water partition coefficient (Wildman–Crippen LogP) is 4.58. The van der Waals surface area contributed by atoms with Crippen LogP contribution in [0.5, 0.6) is 5.75 Å². The van der Waals surface area contributed by atoms with Crippen molar-refractivity contribution in [3.8, 4) is 5.75 Å². The molecule has 3 rings (SSSR count). The number of amides is 1. The fourth-order valence-electron chi connectivity index (χ4n) is 2.89. The van der Waals surface area contributed by atoms with Gasteiger partial charge in [-0.1, -0.05) is 31.2 Å². The molecule has 0 spiro atoms. The number of thiophene rings is 1. The van der Waals surface area contributed by atoms with Gasteiger partial charge in [0.2, 0.25) is 0 Å². The zero-order chi connectivity index (χ0) is 22.3. The van der Waals surface area contributed by atoms with Gasteiger partial charge in [-0.05, 0) is 47.7 Å². The summed E-state index contributed by atoms with van der Waals surface area (Å²) in [6.45, 7) is 2.00. The smallest absolute Gasteiger partial charge is 0.321 e. The SMILES string of the molecule is CCCOC(=O)CNP(=O)(Cc1ccc2sc(C(=O)NC)cc2c1)Oc1ccccc1. The molecule has 9 heteroatoms. The number of benzene rings is 2. The molecule has 0 aliphatic carbocycles. The number of hydrogen-bond donors (Lipinski definition) is 2. The van der Waals surface area contributed by atoms with Crippen LogP contribution < -0.4 is 14.9 Å². The monoisotopic (exact) mass is 460 g/mol. The average molecular weight is 460 g/mol. The molecule has 0 fully saturated rings. The van der Waals surface area contributed by atoms with Crippen molar-refractivity contribution in [1.82, 2.24) is 10.4 Å². The van der Waals surface area contributed by atoms with Gasteiger partial charge in [0.25, 0.3) is 5.91 Å². The maximum atomic E-state index is 13.6. The molecule has 2 aromatic carbocycles. The number of para-hydroxylation sites is 1. The average Bonchev–Trinajstić information content (AvgIpc) is 3.20. The summed E-state index contributed by atoms with van der Waals surface area (Å²) in [6.07, 6.45) is 0.784. The van der Waals surface area contributed by atoms with Gasteiger partial charge >= 0.3 is 13.5 Å². The first-order valence-electron chi connectivity index (χ1n) is 9.91. The number of carbonyl (C=O) groups excluding carboxylic acids is 2. The maximum absolute atomic E-state index is 13.6. The molecule has 0 bridgehead atoms. The first-order valence-corrected chi connectivity index (χ1v) is 12.5. The highest BCUT2D eigenvalue weighted by atomic mass is 32.1. The van der Waals surface area contributed by atoms with E-state index in [4.69, 9.17) is 9.26 Å². The standard InChI is InChI=1S/C22H25N2O5PS/c1-3-11-28-21(25)14-24-30(27,29-18-7-5-4-6-8-18)15-16-9-10-19-17(12-16)13-20(31-19)22(26)23-2/h4-10,12-13H,3,11,14-15H2,1-2H3,(H,23,26)(H,24,27). The molecule has 1 heterocycles. The third kappa shape index (κ3) is 6.40. The van der Waals surface area contributed by atoms with E-state index in [1.165, 1.54) is 11.3 Å². The Labute approximate surface area is 185 Å². The molecule has 0 radical (unpaired) electrons. The van der Waals surface area contributed by atoms with E-state index in [0.717, 1.165) is 15.6 Å². The van der Waals surface area contributed by atoms with Crippen LogP contribution in [0.4, 0.5) is 0 Å². The van der Waals surface area contributed by atoms with Gasteiger partial charge in [-0.15, -0.1) is 11.3 Å². The minimum absolute atomic E-state index is 0.0735. The first kappa shape index (κ1) is 23.0. The van der Waals surface area contributed by atoms with E-state index in [-0.39, 0.29) is 18.6 Å². The molecular formula is C22H25N2O5PS. The Balaban J connectivity index is 1.82. The van der Waals surface area contributed by atoms with Crippen molar-refractivity contribution in [2.75, 3.05) is 20.2 Å². The predicted molar refractivity (Wildman–Crippen MR) is 123 cm³/mol. The molecule has 0 aliphatic rings. The van der Waals surface area contributed by atoms with Gasteiger partial charge in [0, 0.05) is 11.7 Å². The zero-order valence-electron chi connectivity index (χ0n) is 17.4. The lowest BCUT2D eigenvalue weighted by molar-refractivity contribution is -0.142. The largest absolute Gasteiger partial charge is 0.465 e. The summed E-state index contributed by atoms with van der Waals surface area (Å²) in [4.78, 5) is 24.4. The van der Waals surface area contributed by atoms with E-state index < -0.39 is 13.5 Å². The van der Waals surface area contributed by atoms with Crippen molar-refractivity contribution in [3.05, 3.63) is 65.0 Å². The van der Waals surface area contributed by atoms with Crippen molar-refractivity contribution in [2.45, 2.75) is 19.5 Å². The van der Waals surface area contributed by atoms with Crippen LogP contribution in [0.1, 0.15) is 28.6 Å². The van der Waals surface area contributed by atoms with Crippen molar-refractivity contribution in [2.24, 2.45) is 0 Å². The highest BCUT2D eigenvalue weighted by Crippen LogP contribution is 2.46. The minimum Gasteiger partial charge on any atom is -0.465 e. The van der Waals surface area contributed by atoms with Gasteiger partial charge in [0.15, 0.2) is 0 Å². The third-order valence-electron chi connectivity index (χ3n) is 4.35. The molecule has 1 atom stereocenters. The highest BCUT2D eigenvalue weighted by Gasteiger charge is 2.27. The number of nitrogens with one attached hydrogen (secondary N) is 2. The molecule has 1 unspecified atom stereocenters. The normalized spacial score (nSPS) is 12.8. The van der Waals surface area contributed by atoms with E-state index in [9.17, 15) is 14.2 Å². The number of rotatable bonds is 10. The summed E-state index contributed by atoms with van der Waals surface area (Å²) < 4.78 is 25.5. The van der Waals surface area contributed by atoms with Crippen LogP contribution in [-0.4, -0.2) is 32.1 Å². The minimum atomic E-state index is -3.47. The number of carbonyl (C=O) groups is 2. The van der Waals surface area contributed by atoms with E-state index >= 15 is 0 Å². The Morgan fingerprint density at radius 1 is 1.10 bits per heavy atom. The van der Waals surface area contributed by atoms with Crippen LogP contribution >= 0.6 is 18.9 Å². The molecule has 31 heavy (non-hydrogen) atoms. The van der Waals surface area contributed by atoms with Crippen molar-refractivity contribution in [1.29, 1.82) is 0 Å². The van der Waals surface area contributed by atoms with Gasteiger partial charge in [-0.2, -0.15) is 0 Å². The van der Waals surface area contributed by atoms with Gasteiger partial charge < -0.3 is 14.6 Å². The lowest BCUT2D eigenvalue weighted by Gasteiger charge is -2.20. The summed E-state index contributed by atoms with van der Waals surface area (Å²) in [6, 6.07) is 16.3. The molecule has 2 N–H and O–H groups in total. The van der Waals surface area contributed by atoms with Crippen LogP contribution in [0.15, 0.2) is 54.6 Å². The molecule has 0 saturated heterocycles. The van der Waals surface area contributed by atoms with E-state index in [2.05, 4.69) is 10.4 Å². The van der Waals surface area contributed by atoms with Gasteiger partial charge in [-0.25, -0.2) is 5.09 Å². The Bertz CT molecular complexity index is 1100. The molecule has 7 nitrogen and oxygen atoms in total. The molecule has 0 aliphatic heterocycles. The topological polar surface area (TPSA) is 93.7 Å². The Morgan fingerprint density at radius 3 is 2.58 bits per heavy atom. The lowest BCUT2D eigenvalue weighted by Crippen LogP contribution is -2.25. The van der Waals surface area contributed by atoms with Gasteiger partial charge in [0.1, 0.15) is 12.3 Å². The fraction of sp³-hybridized carbons (Fsp3) is 0.273. The van der Waals surface area contributed by atoms with E-state index in [0.29, 0.717) is 23.7 Å². The number of hydrogen-bond acceptors (Lipinski definition) is 6. The fourth-order valence-corrected chi connectivity index (χ4v) is 5.63. The quantitative estimate of drug-likeness (QED) is 0.340. The summed E-state index contributed by atoms with van der Waals surface area (Å²) in [7, 11) is -1.88. The van der Waals surface area contributed by atoms with Gasteiger partial charge in [0.05, 0.1) is 17.6 Å². The Kier molecular flexibility index (Phi) is 7.85. The molecule has 1 amide bonds. The summed E-state index contributed by atoms with van der Waals surface area (Å²) >= 11 is 1.39. The van der Waals surface area contributed by atoms with Crippen molar-refractivity contribution >= 4 is 40.8 Å². The number of ether oxygens (including phenoxy) is 1. The number of esters is 1. The summed E-state index contributed by atoms with van der Waals surface area (Å²) in [5.74, 6) is -0.186. The van der Waals surface area contributed by atoms with Crippen LogP contribution in [0.3, 0.4) is 0 Å². The Hall–Kier alpha value is -2.67. The first-order chi connectivity index (χ1) is 14.9. The molecule has 164 valence electrons. The molecule has 0 saturated carbocycles. The molecular weight excluding hydrogens is 435 g/mol. The lowest BCUT2D eigenvalue weighted by atomic mass is 10.2. The van der Waals surface area contributed by atoms with Crippen molar-refractivity contribution in [3.63, 3.8) is 0 Å².